The number of nitrogens with zero attached hydrogens (tertiary/aromatic N) is 5. The number of carbonyl (C=O) groups is 1. The van der Waals surface area contributed by atoms with Gasteiger partial charge in [-0.15, -0.1) is 0 Å². The molecule has 8 heteroatoms. The lowest BCUT2D eigenvalue weighted by atomic mass is 10.0. The Morgan fingerprint density at radius 2 is 2.00 bits per heavy atom. The van der Waals surface area contributed by atoms with Gasteiger partial charge in [-0.05, 0) is 12.1 Å². The lowest BCUT2D eigenvalue weighted by Crippen LogP contribution is -2.41. The number of aryl methyl sites for hydroxylation is 1. The van der Waals surface area contributed by atoms with Gasteiger partial charge in [-0.3, -0.25) is 9.48 Å². The minimum atomic E-state index is -0.235. The van der Waals surface area contributed by atoms with Crippen LogP contribution in [0.25, 0.3) is 10.9 Å². The fourth-order valence-corrected chi connectivity index (χ4v) is 3.46. The van der Waals surface area contributed by atoms with Crippen LogP contribution in [0.4, 0.5) is 5.95 Å². The number of benzene rings is 1. The molecule has 1 aliphatic rings. The van der Waals surface area contributed by atoms with Crippen LogP contribution in [-0.2, 0) is 7.05 Å². The molecule has 3 heterocycles. The van der Waals surface area contributed by atoms with Crippen LogP contribution in [-0.4, -0.2) is 56.5 Å². The van der Waals surface area contributed by atoms with E-state index in [-0.39, 0.29) is 24.5 Å². The Labute approximate surface area is 150 Å². The van der Waals surface area contributed by atoms with Crippen LogP contribution < -0.4 is 10.2 Å². The quantitative estimate of drug-likeness (QED) is 0.713. The van der Waals surface area contributed by atoms with Gasteiger partial charge in [0.15, 0.2) is 5.69 Å². The second-order valence-corrected chi connectivity index (χ2v) is 6.47. The zero-order valence-electron chi connectivity index (χ0n) is 14.4. The van der Waals surface area contributed by atoms with Crippen molar-refractivity contribution in [3.8, 4) is 0 Å². The van der Waals surface area contributed by atoms with Crippen LogP contribution in [0.1, 0.15) is 10.5 Å². The van der Waals surface area contributed by atoms with Gasteiger partial charge in [-0.1, -0.05) is 18.2 Å². The molecule has 1 aliphatic heterocycles. The second-order valence-electron chi connectivity index (χ2n) is 6.47. The van der Waals surface area contributed by atoms with E-state index in [1.165, 1.54) is 0 Å². The van der Waals surface area contributed by atoms with Crippen LogP contribution in [0.15, 0.2) is 42.7 Å². The lowest BCUT2D eigenvalue weighted by Gasteiger charge is -2.17. The molecule has 4 rings (SSSR count). The first-order chi connectivity index (χ1) is 12.7. The fraction of sp³-hybridized carbons (Fsp3) is 0.333. The first-order valence-electron chi connectivity index (χ1n) is 8.53. The summed E-state index contributed by atoms with van der Waals surface area (Å²) in [7, 11) is 1.82. The largest absolute Gasteiger partial charge is 0.396 e. The van der Waals surface area contributed by atoms with E-state index in [0.29, 0.717) is 24.7 Å². The number of hydrogen-bond donors (Lipinski definition) is 2. The summed E-state index contributed by atoms with van der Waals surface area (Å²) in [4.78, 5) is 23.3. The maximum atomic E-state index is 12.8. The zero-order valence-corrected chi connectivity index (χ0v) is 14.4. The molecule has 0 aliphatic carbocycles. The number of fused-ring (bicyclic) bond motifs is 1. The van der Waals surface area contributed by atoms with Gasteiger partial charge in [0.2, 0.25) is 5.95 Å². The highest BCUT2D eigenvalue weighted by atomic mass is 16.3. The maximum absolute atomic E-state index is 12.8. The lowest BCUT2D eigenvalue weighted by molar-refractivity contribution is 0.0917. The molecule has 134 valence electrons. The summed E-state index contributed by atoms with van der Waals surface area (Å²) in [6.45, 7) is 1.12. The van der Waals surface area contributed by atoms with Crippen molar-refractivity contribution in [1.29, 1.82) is 0 Å². The van der Waals surface area contributed by atoms with E-state index in [0.717, 1.165) is 10.9 Å². The van der Waals surface area contributed by atoms with Crippen molar-refractivity contribution in [2.75, 3.05) is 24.6 Å². The molecule has 2 atom stereocenters. The molecule has 1 amide bonds. The van der Waals surface area contributed by atoms with E-state index in [1.807, 2.05) is 36.2 Å². The van der Waals surface area contributed by atoms with Crippen molar-refractivity contribution in [3.63, 3.8) is 0 Å². The Morgan fingerprint density at radius 1 is 1.23 bits per heavy atom. The van der Waals surface area contributed by atoms with Crippen molar-refractivity contribution in [2.45, 2.75) is 6.04 Å². The Kier molecular flexibility index (Phi) is 4.26. The molecule has 0 saturated carbocycles. The summed E-state index contributed by atoms with van der Waals surface area (Å²) in [5.41, 5.74) is 1.30. The van der Waals surface area contributed by atoms with Gasteiger partial charge in [0.05, 0.1) is 11.6 Å². The number of para-hydroxylation sites is 1. The smallest absolute Gasteiger partial charge is 0.272 e. The van der Waals surface area contributed by atoms with Crippen LogP contribution in [0.2, 0.25) is 0 Å². The molecule has 0 radical (unpaired) electrons. The molecule has 2 N–H and O–H groups in total. The number of rotatable bonds is 4. The molecule has 3 aromatic rings. The van der Waals surface area contributed by atoms with Crippen LogP contribution in [0.5, 0.6) is 0 Å². The number of nitrogens with one attached hydrogen (secondary N) is 1. The molecule has 1 saturated heterocycles. The summed E-state index contributed by atoms with van der Waals surface area (Å²) in [6, 6.07) is 9.19. The third kappa shape index (κ3) is 2.88. The molecule has 1 fully saturated rings. The molecule has 0 bridgehead atoms. The van der Waals surface area contributed by atoms with Crippen molar-refractivity contribution in [1.82, 2.24) is 25.1 Å². The monoisotopic (exact) mass is 352 g/mol. The van der Waals surface area contributed by atoms with E-state index >= 15 is 0 Å². The third-order valence-corrected chi connectivity index (χ3v) is 4.80. The molecule has 26 heavy (non-hydrogen) atoms. The third-order valence-electron chi connectivity index (χ3n) is 4.80. The second kappa shape index (κ2) is 6.72. The van der Waals surface area contributed by atoms with Gasteiger partial charge < -0.3 is 15.3 Å². The van der Waals surface area contributed by atoms with Crippen LogP contribution >= 0.6 is 0 Å². The SMILES string of the molecule is Cn1nc(C(=O)N[C@@H]2CN(c3ncccn3)C[C@H]2CO)c2ccccc21. The van der Waals surface area contributed by atoms with Crippen LogP contribution in [0.3, 0.4) is 0 Å². The number of carbonyl (C=O) groups excluding carboxylic acids is 1. The number of amides is 1. The molecular weight excluding hydrogens is 332 g/mol. The normalized spacial score (nSPS) is 19.8. The molecule has 2 aromatic heterocycles. The number of aliphatic hydroxyl groups excluding tert-OH is 1. The van der Waals surface area contributed by atoms with E-state index in [9.17, 15) is 9.90 Å². The fourth-order valence-electron chi connectivity index (χ4n) is 3.46. The molecule has 8 nitrogen and oxygen atoms in total. The molecule has 1 aromatic carbocycles. The highest BCUT2D eigenvalue weighted by Crippen LogP contribution is 2.22. The maximum Gasteiger partial charge on any atom is 0.272 e. The number of anilines is 1. The van der Waals surface area contributed by atoms with Crippen LogP contribution in [0, 0.1) is 5.92 Å². The number of aliphatic hydroxyl groups is 1. The summed E-state index contributed by atoms with van der Waals surface area (Å²) in [6.07, 6.45) is 3.37. The minimum absolute atomic E-state index is 0.0166. The number of hydrogen-bond acceptors (Lipinski definition) is 6. The first-order valence-corrected chi connectivity index (χ1v) is 8.53. The summed E-state index contributed by atoms with van der Waals surface area (Å²) in [5.74, 6) is 0.282. The van der Waals surface area contributed by atoms with Gasteiger partial charge in [0.25, 0.3) is 5.91 Å². The zero-order chi connectivity index (χ0) is 18.1. The molecular formula is C18H20N6O2. The minimum Gasteiger partial charge on any atom is -0.396 e. The van der Waals surface area contributed by atoms with Crippen molar-refractivity contribution < 1.29 is 9.90 Å². The topological polar surface area (TPSA) is 96.2 Å². The van der Waals surface area contributed by atoms with E-state index in [2.05, 4.69) is 20.4 Å². The predicted octanol–water partition coefficient (Wildman–Crippen LogP) is 0.590. The average molecular weight is 352 g/mol. The van der Waals surface area contributed by atoms with Crippen molar-refractivity contribution in [3.05, 3.63) is 48.4 Å². The predicted molar refractivity (Wildman–Crippen MR) is 96.8 cm³/mol. The van der Waals surface area contributed by atoms with Gasteiger partial charge >= 0.3 is 0 Å². The van der Waals surface area contributed by atoms with Gasteiger partial charge in [0, 0.05) is 50.4 Å². The number of aromatic nitrogens is 4. The highest BCUT2D eigenvalue weighted by molar-refractivity contribution is 6.05. The average Bonchev–Trinajstić information content (AvgIpc) is 3.24. The van der Waals surface area contributed by atoms with Crippen molar-refractivity contribution in [2.24, 2.45) is 13.0 Å². The molecule has 0 spiro atoms. The Balaban J connectivity index is 1.55. The van der Waals surface area contributed by atoms with E-state index in [4.69, 9.17) is 0 Å². The Morgan fingerprint density at radius 3 is 2.77 bits per heavy atom. The highest BCUT2D eigenvalue weighted by Gasteiger charge is 2.35. The summed E-state index contributed by atoms with van der Waals surface area (Å²) in [5, 5.41) is 17.9. The summed E-state index contributed by atoms with van der Waals surface area (Å²) < 4.78 is 1.70. The Bertz CT molecular complexity index is 926. The van der Waals surface area contributed by atoms with E-state index < -0.39 is 0 Å². The van der Waals surface area contributed by atoms with E-state index in [1.54, 1.807) is 23.1 Å². The standard InChI is InChI=1S/C18H20N6O2/c1-23-15-6-3-2-5-13(15)16(22-23)17(26)21-14-10-24(9-12(14)11-25)18-19-7-4-8-20-18/h2-8,12,14,25H,9-11H2,1H3,(H,21,26)/t12-,14+/m0/s1. The first kappa shape index (κ1) is 16.5. The Hall–Kier alpha value is -3.00. The van der Waals surface area contributed by atoms with Gasteiger partial charge in [-0.2, -0.15) is 5.10 Å². The van der Waals surface area contributed by atoms with Gasteiger partial charge in [0.1, 0.15) is 0 Å². The van der Waals surface area contributed by atoms with Crippen molar-refractivity contribution >= 4 is 22.8 Å². The van der Waals surface area contributed by atoms with Gasteiger partial charge in [-0.25, -0.2) is 9.97 Å². The molecule has 0 unspecified atom stereocenters. The summed E-state index contributed by atoms with van der Waals surface area (Å²) >= 11 is 0.